The van der Waals surface area contributed by atoms with Gasteiger partial charge in [0.25, 0.3) is 0 Å². The standard InChI is InChI=1S/C14H20F2N2O/c1-18-7-5-10(6-8-18)17-9-13(19)14-11(15)3-2-4-12(14)16/h2-4,10,13,17,19H,5-9H2,1H3/t13-/m0/s1. The van der Waals surface area contributed by atoms with Crippen LogP contribution in [0.3, 0.4) is 0 Å². The molecule has 0 amide bonds. The van der Waals surface area contributed by atoms with Gasteiger partial charge in [-0.15, -0.1) is 0 Å². The van der Waals surface area contributed by atoms with Gasteiger partial charge in [-0.25, -0.2) is 8.78 Å². The van der Waals surface area contributed by atoms with E-state index in [4.69, 9.17) is 0 Å². The predicted octanol–water partition coefficient (Wildman–Crippen LogP) is 1.68. The van der Waals surface area contributed by atoms with Crippen molar-refractivity contribution < 1.29 is 13.9 Å². The summed E-state index contributed by atoms with van der Waals surface area (Å²) >= 11 is 0. The number of hydrogen-bond donors (Lipinski definition) is 2. The molecule has 1 atom stereocenters. The second-order valence-electron chi connectivity index (χ2n) is 5.14. The average Bonchev–Trinajstić information content (AvgIpc) is 2.38. The Labute approximate surface area is 112 Å². The Morgan fingerprint density at radius 1 is 1.32 bits per heavy atom. The minimum Gasteiger partial charge on any atom is -0.387 e. The number of rotatable bonds is 4. The maximum absolute atomic E-state index is 13.5. The van der Waals surface area contributed by atoms with E-state index in [0.29, 0.717) is 6.04 Å². The summed E-state index contributed by atoms with van der Waals surface area (Å²) in [6.07, 6.45) is 0.826. The highest BCUT2D eigenvalue weighted by Crippen LogP contribution is 2.20. The fourth-order valence-electron chi connectivity index (χ4n) is 2.42. The first-order chi connectivity index (χ1) is 9.08. The summed E-state index contributed by atoms with van der Waals surface area (Å²) in [5.41, 5.74) is -0.247. The van der Waals surface area contributed by atoms with Crippen LogP contribution in [0.15, 0.2) is 18.2 Å². The Morgan fingerprint density at radius 3 is 2.47 bits per heavy atom. The number of nitrogens with one attached hydrogen (secondary N) is 1. The molecule has 0 unspecified atom stereocenters. The van der Waals surface area contributed by atoms with E-state index in [1.54, 1.807) is 0 Å². The van der Waals surface area contributed by atoms with Crippen molar-refractivity contribution in [2.45, 2.75) is 25.0 Å². The van der Waals surface area contributed by atoms with E-state index in [0.717, 1.165) is 38.1 Å². The lowest BCUT2D eigenvalue weighted by molar-refractivity contribution is 0.150. The lowest BCUT2D eigenvalue weighted by Crippen LogP contribution is -2.42. The molecule has 3 nitrogen and oxygen atoms in total. The fraction of sp³-hybridized carbons (Fsp3) is 0.571. The predicted molar refractivity (Wildman–Crippen MR) is 69.8 cm³/mol. The van der Waals surface area contributed by atoms with Crippen LogP contribution in [0.25, 0.3) is 0 Å². The van der Waals surface area contributed by atoms with E-state index in [1.165, 1.54) is 6.07 Å². The first-order valence-electron chi connectivity index (χ1n) is 6.62. The van der Waals surface area contributed by atoms with Gasteiger partial charge in [-0.05, 0) is 45.1 Å². The molecule has 5 heteroatoms. The van der Waals surface area contributed by atoms with E-state index in [9.17, 15) is 13.9 Å². The average molecular weight is 270 g/mol. The summed E-state index contributed by atoms with van der Waals surface area (Å²) in [7, 11) is 2.07. The summed E-state index contributed by atoms with van der Waals surface area (Å²) in [6.45, 7) is 2.18. The summed E-state index contributed by atoms with van der Waals surface area (Å²) in [5, 5.41) is 13.1. The molecule has 1 aliphatic heterocycles. The highest BCUT2D eigenvalue weighted by Gasteiger charge is 2.21. The third-order valence-electron chi connectivity index (χ3n) is 3.65. The molecular formula is C14H20F2N2O. The first-order valence-corrected chi connectivity index (χ1v) is 6.62. The molecule has 1 heterocycles. The number of likely N-dealkylation sites (tertiary alicyclic amines) is 1. The second-order valence-corrected chi connectivity index (χ2v) is 5.14. The van der Waals surface area contributed by atoms with Crippen molar-refractivity contribution in [3.05, 3.63) is 35.4 Å². The van der Waals surface area contributed by atoms with Crippen molar-refractivity contribution in [3.8, 4) is 0 Å². The Balaban J connectivity index is 1.89. The largest absolute Gasteiger partial charge is 0.387 e. The molecule has 106 valence electrons. The van der Waals surface area contributed by atoms with Crippen molar-refractivity contribution in [1.82, 2.24) is 10.2 Å². The van der Waals surface area contributed by atoms with Crippen LogP contribution in [-0.4, -0.2) is 42.7 Å². The molecule has 1 aromatic carbocycles. The molecule has 2 N–H and O–H groups in total. The molecule has 0 bridgehead atoms. The Kier molecular flexibility index (Phi) is 4.85. The van der Waals surface area contributed by atoms with Gasteiger partial charge in [0.2, 0.25) is 0 Å². The number of aliphatic hydroxyl groups is 1. The zero-order valence-corrected chi connectivity index (χ0v) is 11.1. The zero-order valence-electron chi connectivity index (χ0n) is 11.1. The molecule has 0 spiro atoms. The minimum atomic E-state index is -1.15. The number of halogens is 2. The molecule has 0 radical (unpaired) electrons. The minimum absolute atomic E-state index is 0.173. The highest BCUT2D eigenvalue weighted by atomic mass is 19.1. The van der Waals surface area contributed by atoms with Crippen molar-refractivity contribution in [3.63, 3.8) is 0 Å². The maximum Gasteiger partial charge on any atom is 0.131 e. The quantitative estimate of drug-likeness (QED) is 0.874. The molecule has 1 fully saturated rings. The number of piperidine rings is 1. The van der Waals surface area contributed by atoms with Gasteiger partial charge in [-0.1, -0.05) is 6.07 Å². The molecule has 0 aromatic heterocycles. The molecule has 19 heavy (non-hydrogen) atoms. The van der Waals surface area contributed by atoms with E-state index in [2.05, 4.69) is 17.3 Å². The second kappa shape index (κ2) is 6.41. The molecule has 0 aliphatic carbocycles. The number of benzene rings is 1. The molecule has 0 saturated carbocycles. The topological polar surface area (TPSA) is 35.5 Å². The number of hydrogen-bond acceptors (Lipinski definition) is 3. The van der Waals surface area contributed by atoms with Crippen molar-refractivity contribution in [2.75, 3.05) is 26.7 Å². The summed E-state index contributed by atoms with van der Waals surface area (Å²) in [4.78, 5) is 2.24. The van der Waals surface area contributed by atoms with Gasteiger partial charge in [0.1, 0.15) is 11.6 Å². The van der Waals surface area contributed by atoms with Crippen LogP contribution in [0.2, 0.25) is 0 Å². The third kappa shape index (κ3) is 3.72. The van der Waals surface area contributed by atoms with Crippen LogP contribution in [0.5, 0.6) is 0 Å². The van der Waals surface area contributed by atoms with E-state index < -0.39 is 17.7 Å². The van der Waals surface area contributed by atoms with Gasteiger partial charge < -0.3 is 15.3 Å². The highest BCUT2D eigenvalue weighted by molar-refractivity contribution is 5.22. The third-order valence-corrected chi connectivity index (χ3v) is 3.65. The molecule has 1 aromatic rings. The lowest BCUT2D eigenvalue weighted by Gasteiger charge is -2.30. The maximum atomic E-state index is 13.5. The van der Waals surface area contributed by atoms with Gasteiger partial charge in [0.15, 0.2) is 0 Å². The van der Waals surface area contributed by atoms with Crippen molar-refractivity contribution in [2.24, 2.45) is 0 Å². The molecular weight excluding hydrogens is 250 g/mol. The first kappa shape index (κ1) is 14.4. The van der Waals surface area contributed by atoms with E-state index in [-0.39, 0.29) is 12.1 Å². The van der Waals surface area contributed by atoms with Crippen LogP contribution < -0.4 is 5.32 Å². The Hall–Kier alpha value is -1.04. The summed E-state index contributed by atoms with van der Waals surface area (Å²) in [6, 6.07) is 3.93. The zero-order chi connectivity index (χ0) is 13.8. The molecule has 2 rings (SSSR count). The smallest absolute Gasteiger partial charge is 0.131 e. The van der Waals surface area contributed by atoms with Crippen LogP contribution in [-0.2, 0) is 0 Å². The monoisotopic (exact) mass is 270 g/mol. The van der Waals surface area contributed by atoms with Gasteiger partial charge >= 0.3 is 0 Å². The lowest BCUT2D eigenvalue weighted by atomic mass is 10.0. The van der Waals surface area contributed by atoms with Crippen molar-refractivity contribution in [1.29, 1.82) is 0 Å². The van der Waals surface area contributed by atoms with Crippen LogP contribution in [0.4, 0.5) is 8.78 Å². The fourth-order valence-corrected chi connectivity index (χ4v) is 2.42. The van der Waals surface area contributed by atoms with Gasteiger partial charge in [-0.2, -0.15) is 0 Å². The summed E-state index contributed by atoms with van der Waals surface area (Å²) in [5.74, 6) is -1.39. The van der Waals surface area contributed by atoms with E-state index in [1.807, 2.05) is 0 Å². The summed E-state index contributed by atoms with van der Waals surface area (Å²) < 4.78 is 27.0. The molecule has 1 aliphatic rings. The van der Waals surface area contributed by atoms with Crippen LogP contribution in [0.1, 0.15) is 24.5 Å². The van der Waals surface area contributed by atoms with Gasteiger partial charge in [0.05, 0.1) is 11.7 Å². The number of nitrogens with zero attached hydrogens (tertiary/aromatic N) is 1. The Bertz CT molecular complexity index is 400. The Morgan fingerprint density at radius 2 is 1.89 bits per heavy atom. The molecule has 1 saturated heterocycles. The SMILES string of the molecule is CN1CCC(NC[C@H](O)c2c(F)cccc2F)CC1. The van der Waals surface area contributed by atoms with E-state index >= 15 is 0 Å². The van der Waals surface area contributed by atoms with Gasteiger partial charge in [-0.3, -0.25) is 0 Å². The van der Waals surface area contributed by atoms with Crippen LogP contribution in [0, 0.1) is 11.6 Å². The number of aliphatic hydroxyl groups excluding tert-OH is 1. The van der Waals surface area contributed by atoms with Gasteiger partial charge in [0, 0.05) is 12.6 Å². The normalized spacial score (nSPS) is 19.6. The van der Waals surface area contributed by atoms with Crippen molar-refractivity contribution >= 4 is 0 Å². The van der Waals surface area contributed by atoms with Crippen LogP contribution >= 0.6 is 0 Å².